The molecule has 0 fully saturated rings. The van der Waals surface area contributed by atoms with Gasteiger partial charge in [0.1, 0.15) is 0 Å². The summed E-state index contributed by atoms with van der Waals surface area (Å²) in [5.41, 5.74) is 0.557. The summed E-state index contributed by atoms with van der Waals surface area (Å²) in [6.45, 7) is 9.65. The number of unbranched alkanes of at least 4 members (excludes halogenated alkanes) is 7. The molecule has 0 aliphatic heterocycles. The third-order valence-electron chi connectivity index (χ3n) is 8.78. The van der Waals surface area contributed by atoms with E-state index in [9.17, 15) is 19.2 Å². The standard InChI is InChI=1S/C32H58N6O4/c1-27-25-29(39)33(3)31(41)35(27)19-13-11-17-23-37(5,6)21-15-9-10-16-22-38(7,8)24-18-12-14-20-36-28(2)26-30(40)34(4)32(36)42/h25-26H,9-24H2,1-8H3/q+2. The van der Waals surface area contributed by atoms with Crippen molar-refractivity contribution in [2.24, 2.45) is 14.1 Å². The van der Waals surface area contributed by atoms with E-state index in [0.29, 0.717) is 13.1 Å². The molecular weight excluding hydrogens is 532 g/mol. The van der Waals surface area contributed by atoms with Crippen LogP contribution in [0.3, 0.4) is 0 Å². The van der Waals surface area contributed by atoms with Crippen molar-refractivity contribution in [2.75, 3.05) is 54.4 Å². The Labute approximate surface area is 252 Å². The highest BCUT2D eigenvalue weighted by Crippen LogP contribution is 2.12. The van der Waals surface area contributed by atoms with E-state index >= 15 is 0 Å². The van der Waals surface area contributed by atoms with Crippen molar-refractivity contribution < 1.29 is 8.97 Å². The van der Waals surface area contributed by atoms with Gasteiger partial charge in [-0.3, -0.25) is 27.9 Å². The third-order valence-corrected chi connectivity index (χ3v) is 8.78. The summed E-state index contributed by atoms with van der Waals surface area (Å²) < 4.78 is 7.85. The largest absolute Gasteiger partial charge is 0.330 e. The Hall–Kier alpha value is -2.72. The molecule has 0 saturated heterocycles. The summed E-state index contributed by atoms with van der Waals surface area (Å²) in [6.07, 6.45) is 11.4. The van der Waals surface area contributed by atoms with Gasteiger partial charge in [-0.05, 0) is 78.1 Å². The highest BCUT2D eigenvalue weighted by atomic mass is 16.2. The van der Waals surface area contributed by atoms with E-state index in [-0.39, 0.29) is 22.5 Å². The van der Waals surface area contributed by atoms with Crippen LogP contribution in [0, 0.1) is 13.8 Å². The molecule has 0 spiro atoms. The number of rotatable bonds is 19. The fraction of sp³-hybridized carbons (Fsp3) is 0.750. The zero-order valence-corrected chi connectivity index (χ0v) is 27.8. The Kier molecular flexibility index (Phi) is 13.7. The molecule has 2 aromatic heterocycles. The van der Waals surface area contributed by atoms with Crippen LogP contribution < -0.4 is 22.5 Å². The van der Waals surface area contributed by atoms with Crippen molar-refractivity contribution in [2.45, 2.75) is 91.1 Å². The maximum absolute atomic E-state index is 12.3. The van der Waals surface area contributed by atoms with Gasteiger partial charge in [-0.1, -0.05) is 0 Å². The zero-order valence-electron chi connectivity index (χ0n) is 27.8. The van der Waals surface area contributed by atoms with Crippen LogP contribution >= 0.6 is 0 Å². The van der Waals surface area contributed by atoms with E-state index in [1.165, 1.54) is 74.1 Å². The first-order chi connectivity index (χ1) is 19.6. The van der Waals surface area contributed by atoms with Crippen LogP contribution in [0.25, 0.3) is 0 Å². The van der Waals surface area contributed by atoms with Crippen molar-refractivity contribution in [1.82, 2.24) is 18.3 Å². The Balaban J connectivity index is 1.55. The molecule has 0 amide bonds. The van der Waals surface area contributed by atoms with Crippen LogP contribution in [-0.2, 0) is 27.2 Å². The molecule has 42 heavy (non-hydrogen) atoms. The number of nitrogens with zero attached hydrogens (tertiary/aromatic N) is 6. The molecule has 0 N–H and O–H groups in total. The summed E-state index contributed by atoms with van der Waals surface area (Å²) >= 11 is 0. The third kappa shape index (κ3) is 11.2. The molecule has 2 rings (SSSR count). The molecule has 2 heterocycles. The lowest BCUT2D eigenvalue weighted by molar-refractivity contribution is -0.891. The molecule has 10 nitrogen and oxygen atoms in total. The molecule has 0 unspecified atom stereocenters. The van der Waals surface area contributed by atoms with Gasteiger partial charge in [0.25, 0.3) is 11.1 Å². The predicted octanol–water partition coefficient (Wildman–Crippen LogP) is 2.78. The van der Waals surface area contributed by atoms with Crippen molar-refractivity contribution in [3.8, 4) is 0 Å². The van der Waals surface area contributed by atoms with E-state index in [4.69, 9.17) is 0 Å². The number of aryl methyl sites for hydroxylation is 2. The highest BCUT2D eigenvalue weighted by Gasteiger charge is 2.16. The van der Waals surface area contributed by atoms with Gasteiger partial charge < -0.3 is 8.97 Å². The zero-order chi connectivity index (χ0) is 31.5. The second-order valence-corrected chi connectivity index (χ2v) is 13.5. The number of hydrogen-bond donors (Lipinski definition) is 0. The van der Waals surface area contributed by atoms with Gasteiger partial charge in [-0.2, -0.15) is 0 Å². The van der Waals surface area contributed by atoms with E-state index in [0.717, 1.165) is 72.0 Å². The highest BCUT2D eigenvalue weighted by molar-refractivity contribution is 5.00. The summed E-state index contributed by atoms with van der Waals surface area (Å²) in [7, 11) is 12.3. The lowest BCUT2D eigenvalue weighted by Gasteiger charge is -2.31. The Morgan fingerprint density at radius 1 is 0.500 bits per heavy atom. The van der Waals surface area contributed by atoms with Crippen LogP contribution in [0.4, 0.5) is 0 Å². The van der Waals surface area contributed by atoms with Gasteiger partial charge in [0.15, 0.2) is 0 Å². The first-order valence-electron chi connectivity index (χ1n) is 15.8. The Morgan fingerprint density at radius 3 is 1.10 bits per heavy atom. The molecule has 0 aliphatic carbocycles. The minimum atomic E-state index is -0.242. The van der Waals surface area contributed by atoms with Crippen molar-refractivity contribution >= 4 is 0 Å². The monoisotopic (exact) mass is 590 g/mol. The van der Waals surface area contributed by atoms with Crippen LogP contribution in [-0.4, -0.2) is 81.6 Å². The van der Waals surface area contributed by atoms with Gasteiger partial charge in [-0.25, -0.2) is 9.59 Å². The second-order valence-electron chi connectivity index (χ2n) is 13.5. The molecule has 2 aromatic rings. The average molecular weight is 591 g/mol. The molecular formula is C32H58N6O4+2. The molecule has 0 aromatic carbocycles. The van der Waals surface area contributed by atoms with Crippen LogP contribution in [0.5, 0.6) is 0 Å². The number of aromatic nitrogens is 4. The van der Waals surface area contributed by atoms with Crippen LogP contribution in [0.15, 0.2) is 31.3 Å². The van der Waals surface area contributed by atoms with Gasteiger partial charge in [0.05, 0.1) is 54.4 Å². The Morgan fingerprint density at radius 2 is 0.786 bits per heavy atom. The number of quaternary nitrogens is 2. The van der Waals surface area contributed by atoms with Gasteiger partial charge in [0.2, 0.25) is 0 Å². The van der Waals surface area contributed by atoms with E-state index in [1.807, 2.05) is 13.8 Å². The average Bonchev–Trinajstić information content (AvgIpc) is 2.91. The fourth-order valence-electron chi connectivity index (χ4n) is 5.73. The summed E-state index contributed by atoms with van der Waals surface area (Å²) in [6, 6.07) is 3.07. The molecule has 10 heteroatoms. The second kappa shape index (κ2) is 16.2. The smallest absolute Gasteiger partial charge is 0.328 e. The number of hydrogen-bond acceptors (Lipinski definition) is 4. The first kappa shape index (κ1) is 35.5. The van der Waals surface area contributed by atoms with E-state index in [1.54, 1.807) is 9.13 Å². The minimum Gasteiger partial charge on any atom is -0.328 e. The topological polar surface area (TPSA) is 88.0 Å². The molecule has 0 radical (unpaired) electrons. The quantitative estimate of drug-likeness (QED) is 0.186. The lowest BCUT2D eigenvalue weighted by atomic mass is 10.1. The fourth-order valence-corrected chi connectivity index (χ4v) is 5.73. The first-order valence-corrected chi connectivity index (χ1v) is 15.8. The normalized spacial score (nSPS) is 12.3. The maximum Gasteiger partial charge on any atom is 0.330 e. The molecule has 238 valence electrons. The molecule has 0 saturated carbocycles. The Bertz CT molecular complexity index is 1270. The van der Waals surface area contributed by atoms with E-state index in [2.05, 4.69) is 28.2 Å². The van der Waals surface area contributed by atoms with Crippen molar-refractivity contribution in [3.63, 3.8) is 0 Å². The molecule has 0 bridgehead atoms. The molecule has 0 aliphatic rings. The van der Waals surface area contributed by atoms with E-state index < -0.39 is 0 Å². The minimum absolute atomic E-state index is 0.220. The maximum atomic E-state index is 12.3. The lowest BCUT2D eigenvalue weighted by Crippen LogP contribution is -2.41. The summed E-state index contributed by atoms with van der Waals surface area (Å²) in [4.78, 5) is 48.2. The van der Waals surface area contributed by atoms with Crippen molar-refractivity contribution in [1.29, 1.82) is 0 Å². The van der Waals surface area contributed by atoms with Gasteiger partial charge in [-0.15, -0.1) is 0 Å². The van der Waals surface area contributed by atoms with Gasteiger partial charge in [0, 0.05) is 50.7 Å². The van der Waals surface area contributed by atoms with Crippen LogP contribution in [0.2, 0.25) is 0 Å². The SMILES string of the molecule is Cc1cc(=O)n(C)c(=O)n1CCCCC[N+](C)(C)CCCCCC[N+](C)(C)CCCCCn1c(C)cc(=O)n(C)c1=O. The molecule has 0 atom stereocenters. The van der Waals surface area contributed by atoms with Gasteiger partial charge >= 0.3 is 11.4 Å². The summed E-state index contributed by atoms with van der Waals surface area (Å²) in [5, 5.41) is 0. The van der Waals surface area contributed by atoms with Crippen molar-refractivity contribution in [3.05, 3.63) is 65.2 Å². The summed E-state index contributed by atoms with van der Waals surface area (Å²) in [5.74, 6) is 0. The van der Waals surface area contributed by atoms with Crippen LogP contribution in [0.1, 0.15) is 75.6 Å². The predicted molar refractivity (Wildman–Crippen MR) is 171 cm³/mol.